The number of unbranched alkanes of at least 4 members (excludes halogenated alkanes) is 6. The number of carbonyl (C=O) groups excluding carboxylic acids is 1. The van der Waals surface area contributed by atoms with Crippen LogP contribution in [0.2, 0.25) is 0 Å². The van der Waals surface area contributed by atoms with Gasteiger partial charge in [-0.2, -0.15) is 0 Å². The number of carbonyl (C=O) groups is 2. The normalized spacial score (nSPS) is 22.0. The summed E-state index contributed by atoms with van der Waals surface area (Å²) in [5, 5.41) is 8.92. The van der Waals surface area contributed by atoms with Gasteiger partial charge in [0.05, 0.1) is 18.4 Å². The molecule has 4 heteroatoms. The summed E-state index contributed by atoms with van der Waals surface area (Å²) >= 11 is 0. The van der Waals surface area contributed by atoms with Crippen LogP contribution in [-0.2, 0) is 14.3 Å². The zero-order valence-electron chi connectivity index (χ0n) is 13.3. The lowest BCUT2D eigenvalue weighted by Gasteiger charge is -2.24. The maximum Gasteiger partial charge on any atom is 0.308 e. The highest BCUT2D eigenvalue weighted by molar-refractivity contribution is 5.74. The van der Waals surface area contributed by atoms with E-state index in [-0.39, 0.29) is 17.8 Å². The molecule has 0 bridgehead atoms. The predicted molar refractivity (Wildman–Crippen MR) is 82.0 cm³/mol. The second kappa shape index (κ2) is 10.6. The van der Waals surface area contributed by atoms with Crippen molar-refractivity contribution in [2.75, 3.05) is 6.61 Å². The van der Waals surface area contributed by atoms with Crippen LogP contribution in [0.5, 0.6) is 0 Å². The van der Waals surface area contributed by atoms with Crippen molar-refractivity contribution < 1.29 is 19.4 Å². The molecule has 0 unspecified atom stereocenters. The summed E-state index contributed by atoms with van der Waals surface area (Å²) in [5.41, 5.74) is 0. The second-order valence-corrected chi connectivity index (χ2v) is 6.18. The molecule has 0 aromatic carbocycles. The SMILES string of the molecule is CCCCCCCCCOC(=O)C1CCC(C(=O)O)CC1. The van der Waals surface area contributed by atoms with Crippen LogP contribution in [-0.4, -0.2) is 23.7 Å². The fraction of sp³-hybridized carbons (Fsp3) is 0.882. The first-order valence-corrected chi connectivity index (χ1v) is 8.54. The number of rotatable bonds is 10. The number of aliphatic carboxylic acids is 1. The Bertz CT molecular complexity index is 306. The number of hydrogen-bond acceptors (Lipinski definition) is 3. The molecule has 21 heavy (non-hydrogen) atoms. The van der Waals surface area contributed by atoms with Crippen molar-refractivity contribution in [2.45, 2.75) is 77.6 Å². The molecule has 1 fully saturated rings. The lowest BCUT2D eigenvalue weighted by atomic mass is 9.82. The van der Waals surface area contributed by atoms with E-state index in [1.54, 1.807) is 0 Å². The topological polar surface area (TPSA) is 63.6 Å². The Morgan fingerprint density at radius 1 is 0.905 bits per heavy atom. The number of carboxylic acid groups (broad SMARTS) is 1. The van der Waals surface area contributed by atoms with Crippen LogP contribution < -0.4 is 0 Å². The molecule has 1 rings (SSSR count). The van der Waals surface area contributed by atoms with Crippen molar-refractivity contribution in [2.24, 2.45) is 11.8 Å². The summed E-state index contributed by atoms with van der Waals surface area (Å²) in [6, 6.07) is 0. The number of hydrogen-bond donors (Lipinski definition) is 1. The van der Waals surface area contributed by atoms with E-state index in [0.29, 0.717) is 32.3 Å². The van der Waals surface area contributed by atoms with Crippen molar-refractivity contribution in [3.05, 3.63) is 0 Å². The molecule has 1 saturated carbocycles. The second-order valence-electron chi connectivity index (χ2n) is 6.18. The van der Waals surface area contributed by atoms with E-state index in [0.717, 1.165) is 12.8 Å². The van der Waals surface area contributed by atoms with Crippen molar-refractivity contribution in [1.82, 2.24) is 0 Å². The molecule has 0 atom stereocenters. The Labute approximate surface area is 128 Å². The van der Waals surface area contributed by atoms with Crippen LogP contribution in [0.25, 0.3) is 0 Å². The third kappa shape index (κ3) is 7.49. The molecule has 0 spiro atoms. The monoisotopic (exact) mass is 298 g/mol. The first-order valence-electron chi connectivity index (χ1n) is 8.54. The average molecular weight is 298 g/mol. The molecular formula is C17H30O4. The Kier molecular flexibility index (Phi) is 9.11. The molecule has 1 aliphatic carbocycles. The van der Waals surface area contributed by atoms with Gasteiger partial charge in [-0.05, 0) is 32.1 Å². The van der Waals surface area contributed by atoms with Gasteiger partial charge in [-0.3, -0.25) is 9.59 Å². The number of carboxylic acids is 1. The van der Waals surface area contributed by atoms with Gasteiger partial charge in [-0.1, -0.05) is 45.4 Å². The van der Waals surface area contributed by atoms with E-state index in [2.05, 4.69) is 6.92 Å². The van der Waals surface area contributed by atoms with Gasteiger partial charge < -0.3 is 9.84 Å². The van der Waals surface area contributed by atoms with Gasteiger partial charge in [0.15, 0.2) is 0 Å². The largest absolute Gasteiger partial charge is 0.481 e. The van der Waals surface area contributed by atoms with Gasteiger partial charge in [-0.25, -0.2) is 0 Å². The molecule has 0 amide bonds. The lowest BCUT2D eigenvalue weighted by molar-refractivity contribution is -0.152. The van der Waals surface area contributed by atoms with Gasteiger partial charge in [0.2, 0.25) is 0 Å². The Morgan fingerprint density at radius 2 is 1.43 bits per heavy atom. The molecule has 0 aliphatic heterocycles. The maximum absolute atomic E-state index is 11.9. The van der Waals surface area contributed by atoms with Crippen LogP contribution in [0, 0.1) is 11.8 Å². The summed E-state index contributed by atoms with van der Waals surface area (Å²) in [6.07, 6.45) is 11.0. The highest BCUT2D eigenvalue weighted by atomic mass is 16.5. The van der Waals surface area contributed by atoms with E-state index in [4.69, 9.17) is 9.84 Å². The molecule has 0 saturated heterocycles. The van der Waals surface area contributed by atoms with Crippen molar-refractivity contribution in [3.8, 4) is 0 Å². The quantitative estimate of drug-likeness (QED) is 0.485. The third-order valence-electron chi connectivity index (χ3n) is 4.40. The molecule has 0 radical (unpaired) electrons. The van der Waals surface area contributed by atoms with E-state index in [9.17, 15) is 9.59 Å². The van der Waals surface area contributed by atoms with Crippen LogP contribution in [0.15, 0.2) is 0 Å². The number of ether oxygens (including phenoxy) is 1. The highest BCUT2D eigenvalue weighted by Crippen LogP contribution is 2.29. The van der Waals surface area contributed by atoms with Crippen LogP contribution in [0.1, 0.15) is 77.6 Å². The average Bonchev–Trinajstić information content (AvgIpc) is 2.49. The summed E-state index contributed by atoms with van der Waals surface area (Å²) in [6.45, 7) is 2.73. The molecule has 0 heterocycles. The maximum atomic E-state index is 11.9. The minimum atomic E-state index is -0.732. The Balaban J connectivity index is 2.00. The summed E-state index contributed by atoms with van der Waals surface area (Å²) in [4.78, 5) is 22.7. The van der Waals surface area contributed by atoms with Crippen LogP contribution in [0.3, 0.4) is 0 Å². The van der Waals surface area contributed by atoms with Crippen molar-refractivity contribution in [3.63, 3.8) is 0 Å². The highest BCUT2D eigenvalue weighted by Gasteiger charge is 2.30. The molecule has 122 valence electrons. The molecular weight excluding hydrogens is 268 g/mol. The first-order chi connectivity index (χ1) is 10.1. The van der Waals surface area contributed by atoms with E-state index in [1.165, 1.54) is 32.1 Å². The van der Waals surface area contributed by atoms with Gasteiger partial charge in [-0.15, -0.1) is 0 Å². The van der Waals surface area contributed by atoms with E-state index in [1.807, 2.05) is 0 Å². The fourth-order valence-corrected chi connectivity index (χ4v) is 2.93. The molecule has 0 aromatic heterocycles. The van der Waals surface area contributed by atoms with Crippen molar-refractivity contribution >= 4 is 11.9 Å². The smallest absolute Gasteiger partial charge is 0.308 e. The van der Waals surface area contributed by atoms with E-state index >= 15 is 0 Å². The molecule has 0 aromatic rings. The zero-order valence-corrected chi connectivity index (χ0v) is 13.3. The van der Waals surface area contributed by atoms with Crippen molar-refractivity contribution in [1.29, 1.82) is 0 Å². The number of esters is 1. The summed E-state index contributed by atoms with van der Waals surface area (Å²) < 4.78 is 5.32. The molecule has 1 N–H and O–H groups in total. The van der Waals surface area contributed by atoms with Gasteiger partial charge in [0.1, 0.15) is 0 Å². The predicted octanol–water partition coefficient (Wildman–Crippen LogP) is 4.17. The van der Waals surface area contributed by atoms with Gasteiger partial charge in [0, 0.05) is 0 Å². The fourth-order valence-electron chi connectivity index (χ4n) is 2.93. The first kappa shape index (κ1) is 18.0. The Morgan fingerprint density at radius 3 is 2.00 bits per heavy atom. The van der Waals surface area contributed by atoms with E-state index < -0.39 is 5.97 Å². The lowest BCUT2D eigenvalue weighted by Crippen LogP contribution is -2.27. The molecule has 1 aliphatic rings. The Hall–Kier alpha value is -1.06. The van der Waals surface area contributed by atoms with Gasteiger partial charge >= 0.3 is 11.9 Å². The summed E-state index contributed by atoms with van der Waals surface area (Å²) in [5.74, 6) is -1.20. The minimum Gasteiger partial charge on any atom is -0.481 e. The zero-order chi connectivity index (χ0) is 15.5. The minimum absolute atomic E-state index is 0.0786. The van der Waals surface area contributed by atoms with Crippen LogP contribution in [0.4, 0.5) is 0 Å². The molecule has 4 nitrogen and oxygen atoms in total. The third-order valence-corrected chi connectivity index (χ3v) is 4.40. The summed E-state index contributed by atoms with van der Waals surface area (Å²) in [7, 11) is 0. The van der Waals surface area contributed by atoms with Gasteiger partial charge in [0.25, 0.3) is 0 Å². The van der Waals surface area contributed by atoms with Crippen LogP contribution >= 0.6 is 0 Å². The standard InChI is InChI=1S/C17H30O4/c1-2-3-4-5-6-7-8-13-21-17(20)15-11-9-14(10-12-15)16(18)19/h14-15H,2-13H2,1H3,(H,18,19).